The van der Waals surface area contributed by atoms with Gasteiger partial charge in [-0.25, -0.2) is 13.1 Å². The molecular weight excluding hydrogens is 252 g/mol. The molecule has 6 heteroatoms. The Hall–Kier alpha value is -1.11. The highest BCUT2D eigenvalue weighted by atomic mass is 32.2. The van der Waals surface area contributed by atoms with E-state index in [0.717, 1.165) is 17.6 Å². The highest BCUT2D eigenvalue weighted by Crippen LogP contribution is 2.22. The summed E-state index contributed by atoms with van der Waals surface area (Å²) < 4.78 is 30.0. The molecule has 0 aliphatic heterocycles. The minimum atomic E-state index is -3.18. The molecule has 1 unspecified atom stereocenters. The average Bonchev–Trinajstić information content (AvgIpc) is 2.27. The first-order chi connectivity index (χ1) is 8.33. The van der Waals surface area contributed by atoms with Crippen molar-refractivity contribution in [2.75, 3.05) is 34.0 Å². The molecule has 0 heterocycles. The molecular formula is C12H20N2O3S. The standard InChI is InChI=1S/C12H20N2O3S/c1-14(2)12(9-13-18(4,15)16)10-6-5-7-11(8-10)17-3/h5-8,12-13H,9H2,1-4H3. The van der Waals surface area contributed by atoms with Crippen LogP contribution in [0.3, 0.4) is 0 Å². The van der Waals surface area contributed by atoms with Crippen LogP contribution in [0.15, 0.2) is 24.3 Å². The summed E-state index contributed by atoms with van der Waals surface area (Å²) in [6.45, 7) is 0.332. The van der Waals surface area contributed by atoms with E-state index in [1.807, 2.05) is 43.3 Å². The summed E-state index contributed by atoms with van der Waals surface area (Å²) in [6.07, 6.45) is 1.16. The fourth-order valence-electron chi connectivity index (χ4n) is 1.68. The van der Waals surface area contributed by atoms with Crippen molar-refractivity contribution in [3.05, 3.63) is 29.8 Å². The van der Waals surface area contributed by atoms with Crippen LogP contribution in [0, 0.1) is 0 Å². The van der Waals surface area contributed by atoms with Crippen LogP contribution in [0.1, 0.15) is 11.6 Å². The molecule has 1 N–H and O–H groups in total. The van der Waals surface area contributed by atoms with E-state index in [2.05, 4.69) is 4.72 Å². The fraction of sp³-hybridized carbons (Fsp3) is 0.500. The maximum atomic E-state index is 11.2. The molecule has 18 heavy (non-hydrogen) atoms. The number of methoxy groups -OCH3 is 1. The van der Waals surface area contributed by atoms with Crippen molar-refractivity contribution < 1.29 is 13.2 Å². The van der Waals surface area contributed by atoms with Crippen molar-refractivity contribution in [3.8, 4) is 5.75 Å². The molecule has 102 valence electrons. The van der Waals surface area contributed by atoms with Crippen LogP contribution in [0.25, 0.3) is 0 Å². The van der Waals surface area contributed by atoms with Crippen molar-refractivity contribution in [2.24, 2.45) is 0 Å². The van der Waals surface area contributed by atoms with Gasteiger partial charge in [0.25, 0.3) is 0 Å². The van der Waals surface area contributed by atoms with Gasteiger partial charge in [-0.2, -0.15) is 0 Å². The third-order valence-corrected chi connectivity index (χ3v) is 3.33. The Balaban J connectivity index is 2.90. The van der Waals surface area contributed by atoms with E-state index in [1.165, 1.54) is 0 Å². The van der Waals surface area contributed by atoms with E-state index in [0.29, 0.717) is 6.54 Å². The van der Waals surface area contributed by atoms with Crippen LogP contribution in [0.4, 0.5) is 0 Å². The number of hydrogen-bond acceptors (Lipinski definition) is 4. The van der Waals surface area contributed by atoms with Gasteiger partial charge in [-0.3, -0.25) is 0 Å². The SMILES string of the molecule is COc1cccc(C(CNS(C)(=O)=O)N(C)C)c1. The Bertz CT molecular complexity index is 486. The molecule has 0 amide bonds. The summed E-state index contributed by atoms with van der Waals surface area (Å²) >= 11 is 0. The lowest BCUT2D eigenvalue weighted by molar-refractivity contribution is 0.298. The number of likely N-dealkylation sites (N-methyl/N-ethyl adjacent to an activating group) is 1. The summed E-state index contributed by atoms with van der Waals surface area (Å²) in [4.78, 5) is 1.97. The zero-order valence-corrected chi connectivity index (χ0v) is 12.0. The molecule has 0 aromatic heterocycles. The molecule has 0 fully saturated rings. The second-order valence-electron chi connectivity index (χ2n) is 4.38. The van der Waals surface area contributed by atoms with Crippen LogP contribution in [0.5, 0.6) is 5.75 Å². The summed E-state index contributed by atoms with van der Waals surface area (Å²) in [5.74, 6) is 0.763. The van der Waals surface area contributed by atoms with E-state index in [4.69, 9.17) is 4.74 Å². The Morgan fingerprint density at radius 1 is 1.39 bits per heavy atom. The molecule has 0 radical (unpaired) electrons. The summed E-state index contributed by atoms with van der Waals surface area (Å²) in [6, 6.07) is 7.59. The Labute approximate surface area is 109 Å². The quantitative estimate of drug-likeness (QED) is 0.834. The third-order valence-electron chi connectivity index (χ3n) is 2.64. The molecule has 0 bridgehead atoms. The Kier molecular flexibility index (Phi) is 5.13. The second kappa shape index (κ2) is 6.17. The third kappa shape index (κ3) is 4.64. The van der Waals surface area contributed by atoms with Crippen molar-refractivity contribution in [2.45, 2.75) is 6.04 Å². The number of nitrogens with zero attached hydrogens (tertiary/aromatic N) is 1. The summed E-state index contributed by atoms with van der Waals surface area (Å²) in [7, 11) is 2.25. The van der Waals surface area contributed by atoms with Crippen molar-refractivity contribution in [3.63, 3.8) is 0 Å². The zero-order chi connectivity index (χ0) is 13.8. The van der Waals surface area contributed by atoms with Crippen LogP contribution in [0.2, 0.25) is 0 Å². The van der Waals surface area contributed by atoms with E-state index in [9.17, 15) is 8.42 Å². The molecule has 0 saturated carbocycles. The van der Waals surface area contributed by atoms with Gasteiger partial charge in [0.05, 0.1) is 13.4 Å². The lowest BCUT2D eigenvalue weighted by Gasteiger charge is -2.25. The van der Waals surface area contributed by atoms with Gasteiger partial charge in [0.1, 0.15) is 5.75 Å². The molecule has 0 saturated heterocycles. The topological polar surface area (TPSA) is 58.6 Å². The highest BCUT2D eigenvalue weighted by molar-refractivity contribution is 7.88. The molecule has 5 nitrogen and oxygen atoms in total. The van der Waals surface area contributed by atoms with E-state index in [-0.39, 0.29) is 6.04 Å². The molecule has 1 aromatic rings. The Morgan fingerprint density at radius 2 is 2.06 bits per heavy atom. The first-order valence-corrected chi connectivity index (χ1v) is 7.47. The second-order valence-corrected chi connectivity index (χ2v) is 6.21. The lowest BCUT2D eigenvalue weighted by atomic mass is 10.1. The zero-order valence-electron chi connectivity index (χ0n) is 11.2. The first-order valence-electron chi connectivity index (χ1n) is 5.58. The van der Waals surface area contributed by atoms with E-state index in [1.54, 1.807) is 7.11 Å². The lowest BCUT2D eigenvalue weighted by Crippen LogP contribution is -2.33. The van der Waals surface area contributed by atoms with Gasteiger partial charge in [0.15, 0.2) is 0 Å². The number of hydrogen-bond donors (Lipinski definition) is 1. The number of ether oxygens (including phenoxy) is 1. The molecule has 0 aliphatic carbocycles. The van der Waals surface area contributed by atoms with Gasteiger partial charge in [-0.15, -0.1) is 0 Å². The van der Waals surface area contributed by atoms with E-state index < -0.39 is 10.0 Å². The molecule has 0 aliphatic rings. The smallest absolute Gasteiger partial charge is 0.208 e. The average molecular weight is 272 g/mol. The number of benzene rings is 1. The first kappa shape index (κ1) is 14.9. The van der Waals surface area contributed by atoms with Gasteiger partial charge in [0, 0.05) is 12.6 Å². The van der Waals surface area contributed by atoms with Crippen molar-refractivity contribution in [1.82, 2.24) is 9.62 Å². The summed E-state index contributed by atoms with van der Waals surface area (Å²) in [5.41, 5.74) is 1.01. The van der Waals surface area contributed by atoms with Gasteiger partial charge in [-0.1, -0.05) is 12.1 Å². The minimum absolute atomic E-state index is 0.0326. The maximum Gasteiger partial charge on any atom is 0.208 e. The van der Waals surface area contributed by atoms with Gasteiger partial charge < -0.3 is 9.64 Å². The van der Waals surface area contributed by atoms with Gasteiger partial charge in [-0.05, 0) is 31.8 Å². The fourth-order valence-corrected chi connectivity index (χ4v) is 2.14. The van der Waals surface area contributed by atoms with Crippen LogP contribution in [-0.4, -0.2) is 47.3 Å². The van der Waals surface area contributed by atoms with Crippen LogP contribution < -0.4 is 9.46 Å². The van der Waals surface area contributed by atoms with E-state index >= 15 is 0 Å². The van der Waals surface area contributed by atoms with Gasteiger partial charge >= 0.3 is 0 Å². The maximum absolute atomic E-state index is 11.2. The monoisotopic (exact) mass is 272 g/mol. The highest BCUT2D eigenvalue weighted by Gasteiger charge is 2.16. The normalized spacial score (nSPS) is 13.6. The predicted octanol–water partition coefficient (Wildman–Crippen LogP) is 0.847. The van der Waals surface area contributed by atoms with Crippen LogP contribution in [-0.2, 0) is 10.0 Å². The number of rotatable bonds is 6. The molecule has 1 atom stereocenters. The molecule has 0 spiro atoms. The largest absolute Gasteiger partial charge is 0.497 e. The minimum Gasteiger partial charge on any atom is -0.497 e. The number of nitrogens with one attached hydrogen (secondary N) is 1. The number of sulfonamides is 1. The van der Waals surface area contributed by atoms with Crippen molar-refractivity contribution >= 4 is 10.0 Å². The predicted molar refractivity (Wildman–Crippen MR) is 72.3 cm³/mol. The molecule has 1 rings (SSSR count). The van der Waals surface area contributed by atoms with Crippen molar-refractivity contribution in [1.29, 1.82) is 0 Å². The summed E-state index contributed by atoms with van der Waals surface area (Å²) in [5, 5.41) is 0. The van der Waals surface area contributed by atoms with Gasteiger partial charge in [0.2, 0.25) is 10.0 Å². The van der Waals surface area contributed by atoms with Crippen LogP contribution >= 0.6 is 0 Å². The Morgan fingerprint density at radius 3 is 2.56 bits per heavy atom. The molecule has 1 aromatic carbocycles.